The monoisotopic (exact) mass is 260 g/mol. The van der Waals surface area contributed by atoms with Gasteiger partial charge in [0.1, 0.15) is 0 Å². The maximum absolute atomic E-state index is 8.57. The molecule has 0 aromatic rings. The van der Waals surface area contributed by atoms with Crippen molar-refractivity contribution in [3.63, 3.8) is 0 Å². The number of nitrogens with two attached hydrogens (primary N) is 1. The van der Waals surface area contributed by atoms with Crippen molar-refractivity contribution in [2.45, 2.75) is 66.8 Å². The van der Waals surface area contributed by atoms with E-state index in [0.29, 0.717) is 12.6 Å². The minimum Gasteiger partial charge on any atom is -0.396 e. The van der Waals surface area contributed by atoms with Crippen LogP contribution in [-0.2, 0) is 0 Å². The predicted molar refractivity (Wildman–Crippen MR) is 81.8 cm³/mol. The van der Waals surface area contributed by atoms with E-state index in [1.807, 2.05) is 6.92 Å². The molecule has 1 aliphatic heterocycles. The summed E-state index contributed by atoms with van der Waals surface area (Å²) in [5.41, 5.74) is 5.85. The van der Waals surface area contributed by atoms with E-state index in [9.17, 15) is 0 Å². The average molecular weight is 260 g/mol. The predicted octanol–water partition coefficient (Wildman–Crippen LogP) is 2.87. The number of likely N-dealkylation sites (tertiary alicyclic amines) is 1. The van der Waals surface area contributed by atoms with E-state index >= 15 is 0 Å². The Hall–Kier alpha value is -0.120. The minimum atomic E-state index is 0. The summed E-state index contributed by atoms with van der Waals surface area (Å²) in [6.45, 7) is 12.4. The van der Waals surface area contributed by atoms with Gasteiger partial charge in [0.15, 0.2) is 0 Å². The molecule has 0 unspecified atom stereocenters. The Labute approximate surface area is 115 Å². The molecule has 0 aromatic carbocycles. The Morgan fingerprint density at radius 3 is 1.94 bits per heavy atom. The van der Waals surface area contributed by atoms with E-state index in [2.05, 4.69) is 25.7 Å². The van der Waals surface area contributed by atoms with Gasteiger partial charge in [0.05, 0.1) is 0 Å². The van der Waals surface area contributed by atoms with Crippen molar-refractivity contribution in [2.75, 3.05) is 26.2 Å². The van der Waals surface area contributed by atoms with Crippen LogP contribution in [0.25, 0.3) is 0 Å². The highest BCUT2D eigenvalue weighted by atomic mass is 16.3. The van der Waals surface area contributed by atoms with E-state index in [0.717, 1.165) is 13.0 Å². The Morgan fingerprint density at radius 2 is 1.61 bits per heavy atom. The zero-order valence-corrected chi connectivity index (χ0v) is 12.2. The summed E-state index contributed by atoms with van der Waals surface area (Å²) in [5.74, 6) is 0. The van der Waals surface area contributed by atoms with Crippen molar-refractivity contribution in [2.24, 2.45) is 11.1 Å². The molecule has 0 aliphatic carbocycles. The van der Waals surface area contributed by atoms with Gasteiger partial charge in [-0.15, -0.1) is 0 Å². The van der Waals surface area contributed by atoms with Gasteiger partial charge in [-0.1, -0.05) is 34.6 Å². The van der Waals surface area contributed by atoms with Gasteiger partial charge in [0, 0.05) is 19.2 Å². The first-order valence-electron chi connectivity index (χ1n) is 6.96. The van der Waals surface area contributed by atoms with E-state index in [1.54, 1.807) is 0 Å². The van der Waals surface area contributed by atoms with Crippen LogP contribution in [0, 0.1) is 5.41 Å². The first-order valence-corrected chi connectivity index (χ1v) is 6.96. The number of nitrogens with zero attached hydrogens (tertiary/aromatic N) is 1. The lowest BCUT2D eigenvalue weighted by molar-refractivity contribution is 0.198. The van der Waals surface area contributed by atoms with Gasteiger partial charge in [0.25, 0.3) is 0 Å². The third-order valence-corrected chi connectivity index (χ3v) is 3.45. The zero-order valence-electron chi connectivity index (χ0n) is 12.2. The number of aliphatic hydroxyl groups is 1. The minimum absolute atomic E-state index is 0. The summed E-state index contributed by atoms with van der Waals surface area (Å²) < 4.78 is 0. The second kappa shape index (κ2) is 10.8. The molecule has 1 atom stereocenters. The summed E-state index contributed by atoms with van der Waals surface area (Å²) >= 11 is 0. The quantitative estimate of drug-likeness (QED) is 0.820. The lowest BCUT2D eigenvalue weighted by Gasteiger charge is -2.25. The van der Waals surface area contributed by atoms with Crippen LogP contribution >= 0.6 is 0 Å². The van der Waals surface area contributed by atoms with E-state index in [1.165, 1.54) is 32.4 Å². The van der Waals surface area contributed by atoms with Gasteiger partial charge in [-0.25, -0.2) is 0 Å². The van der Waals surface area contributed by atoms with Crippen LogP contribution in [0.3, 0.4) is 0 Å². The lowest BCUT2D eigenvalue weighted by atomic mass is 9.89. The standard InChI is InChI=1S/C8H17NO.C6H15N.CH4/c10-8-4-7-9-5-2-1-3-6-9;1-5(7)6(2,3)4;/h10H,1-8H2;5H,7H2,1-4H3;1H4/t;5-;/m.0./s1. The van der Waals surface area contributed by atoms with Gasteiger partial charge in [0.2, 0.25) is 0 Å². The van der Waals surface area contributed by atoms with E-state index in [-0.39, 0.29) is 12.8 Å². The van der Waals surface area contributed by atoms with Crippen molar-refractivity contribution in [3.05, 3.63) is 0 Å². The topological polar surface area (TPSA) is 49.5 Å². The van der Waals surface area contributed by atoms with Gasteiger partial charge in [-0.3, -0.25) is 0 Å². The van der Waals surface area contributed by atoms with Crippen LogP contribution in [0.5, 0.6) is 0 Å². The van der Waals surface area contributed by atoms with Gasteiger partial charge in [-0.05, 0) is 44.7 Å². The van der Waals surface area contributed by atoms with Gasteiger partial charge >= 0.3 is 0 Å². The molecule has 1 fully saturated rings. The van der Waals surface area contributed by atoms with Crippen LogP contribution in [-0.4, -0.2) is 42.3 Å². The fourth-order valence-electron chi connectivity index (χ4n) is 1.48. The molecule has 0 spiro atoms. The van der Waals surface area contributed by atoms with Crippen LogP contribution in [0.1, 0.15) is 60.8 Å². The Kier molecular flexibility index (Phi) is 12.1. The van der Waals surface area contributed by atoms with Crippen molar-refractivity contribution >= 4 is 0 Å². The molecule has 0 aromatic heterocycles. The van der Waals surface area contributed by atoms with Crippen LogP contribution < -0.4 is 5.73 Å². The SMILES string of the molecule is C.C[C@H](N)C(C)(C)C.OCCCN1CCCCC1. The van der Waals surface area contributed by atoms with Crippen LogP contribution in [0.4, 0.5) is 0 Å². The van der Waals surface area contributed by atoms with Crippen LogP contribution in [0.15, 0.2) is 0 Å². The molecular weight excluding hydrogens is 224 g/mol. The smallest absolute Gasteiger partial charge is 0.0443 e. The molecule has 1 saturated heterocycles. The number of hydrogen-bond acceptors (Lipinski definition) is 3. The zero-order chi connectivity index (χ0) is 13.3. The molecule has 112 valence electrons. The lowest BCUT2D eigenvalue weighted by Crippen LogP contribution is -2.31. The molecule has 0 radical (unpaired) electrons. The normalized spacial score (nSPS) is 18.3. The molecule has 0 bridgehead atoms. The van der Waals surface area contributed by atoms with Crippen molar-refractivity contribution < 1.29 is 5.11 Å². The van der Waals surface area contributed by atoms with Gasteiger partial charge < -0.3 is 15.7 Å². The molecule has 0 amide bonds. The summed E-state index contributed by atoms with van der Waals surface area (Å²) in [6.07, 6.45) is 5.05. The molecule has 1 aliphatic rings. The largest absolute Gasteiger partial charge is 0.396 e. The number of rotatable bonds is 3. The summed E-state index contributed by atoms with van der Waals surface area (Å²) in [7, 11) is 0. The van der Waals surface area contributed by atoms with Crippen LogP contribution in [0.2, 0.25) is 0 Å². The second-order valence-electron chi connectivity index (χ2n) is 6.13. The van der Waals surface area contributed by atoms with E-state index in [4.69, 9.17) is 10.8 Å². The molecule has 3 nitrogen and oxygen atoms in total. The second-order valence-corrected chi connectivity index (χ2v) is 6.13. The molecular formula is C15H36N2O. The summed E-state index contributed by atoms with van der Waals surface area (Å²) in [5, 5.41) is 8.57. The molecule has 0 saturated carbocycles. The summed E-state index contributed by atoms with van der Waals surface area (Å²) in [6, 6.07) is 0.299. The number of aliphatic hydroxyl groups excluding tert-OH is 1. The summed E-state index contributed by atoms with van der Waals surface area (Å²) in [4.78, 5) is 2.44. The molecule has 18 heavy (non-hydrogen) atoms. The van der Waals surface area contributed by atoms with Crippen molar-refractivity contribution in [3.8, 4) is 0 Å². The highest BCUT2D eigenvalue weighted by Crippen LogP contribution is 2.15. The fourth-order valence-corrected chi connectivity index (χ4v) is 1.48. The average Bonchev–Trinajstić information content (AvgIpc) is 2.27. The first kappa shape index (κ1) is 20.2. The maximum atomic E-state index is 8.57. The Morgan fingerprint density at radius 1 is 1.17 bits per heavy atom. The number of piperidine rings is 1. The highest BCUT2D eigenvalue weighted by molar-refractivity contribution is 4.71. The van der Waals surface area contributed by atoms with Crippen molar-refractivity contribution in [1.82, 2.24) is 4.90 Å². The highest BCUT2D eigenvalue weighted by Gasteiger charge is 2.14. The maximum Gasteiger partial charge on any atom is 0.0443 e. The molecule has 1 heterocycles. The third kappa shape index (κ3) is 11.0. The van der Waals surface area contributed by atoms with Gasteiger partial charge in [-0.2, -0.15) is 0 Å². The molecule has 3 N–H and O–H groups in total. The third-order valence-electron chi connectivity index (χ3n) is 3.45. The Balaban J connectivity index is 0. The fraction of sp³-hybridized carbons (Fsp3) is 1.00. The van der Waals surface area contributed by atoms with E-state index < -0.39 is 0 Å². The van der Waals surface area contributed by atoms with Crippen molar-refractivity contribution in [1.29, 1.82) is 0 Å². The molecule has 1 rings (SSSR count). The molecule has 3 heteroatoms. The first-order chi connectivity index (χ1) is 7.88. The number of hydrogen-bond donors (Lipinski definition) is 2. The Bertz CT molecular complexity index is 170.